The van der Waals surface area contributed by atoms with Crippen molar-refractivity contribution in [2.24, 2.45) is 0 Å². The van der Waals surface area contributed by atoms with Gasteiger partial charge < -0.3 is 19.7 Å². The van der Waals surface area contributed by atoms with Crippen molar-refractivity contribution in [3.63, 3.8) is 0 Å². The average molecular weight is 528 g/mol. The lowest BCUT2D eigenvalue weighted by Crippen LogP contribution is -2.46. The molecule has 2 amide bonds. The van der Waals surface area contributed by atoms with Crippen molar-refractivity contribution in [1.29, 1.82) is 0 Å². The summed E-state index contributed by atoms with van der Waals surface area (Å²) in [5.74, 6) is 0.111. The largest absolute Gasteiger partial charge is 0.496 e. The monoisotopic (exact) mass is 527 g/mol. The SMILES string of the molecule is COc1ccccc1CN(C(=O)Cn1nnc2ccccc21)C(C(=O)NCC1CCCO1)c1ccc(C)cc1. The van der Waals surface area contributed by atoms with Crippen molar-refractivity contribution in [2.75, 3.05) is 20.3 Å². The van der Waals surface area contributed by atoms with Gasteiger partial charge in [-0.1, -0.05) is 65.4 Å². The van der Waals surface area contributed by atoms with Crippen LogP contribution in [0.25, 0.3) is 11.0 Å². The molecule has 0 bridgehead atoms. The average Bonchev–Trinajstić information content (AvgIpc) is 3.63. The smallest absolute Gasteiger partial charge is 0.247 e. The predicted octanol–water partition coefficient (Wildman–Crippen LogP) is 3.81. The summed E-state index contributed by atoms with van der Waals surface area (Å²) in [6, 6.07) is 21.8. The number of ether oxygens (including phenoxy) is 2. The first kappa shape index (κ1) is 26.4. The van der Waals surface area contributed by atoms with Crippen LogP contribution in [0.2, 0.25) is 0 Å². The maximum Gasteiger partial charge on any atom is 0.247 e. The molecule has 2 heterocycles. The van der Waals surface area contributed by atoms with Crippen molar-refractivity contribution in [1.82, 2.24) is 25.2 Å². The van der Waals surface area contributed by atoms with Crippen LogP contribution in [0.4, 0.5) is 0 Å². The van der Waals surface area contributed by atoms with Gasteiger partial charge in [-0.2, -0.15) is 0 Å². The highest BCUT2D eigenvalue weighted by Crippen LogP contribution is 2.28. The molecule has 4 aromatic rings. The van der Waals surface area contributed by atoms with E-state index in [0.717, 1.165) is 35.0 Å². The quantitative estimate of drug-likeness (QED) is 0.337. The third-order valence-corrected chi connectivity index (χ3v) is 7.04. The molecule has 1 fully saturated rings. The number of nitrogens with zero attached hydrogens (tertiary/aromatic N) is 4. The zero-order valence-electron chi connectivity index (χ0n) is 22.2. The molecule has 39 heavy (non-hydrogen) atoms. The fraction of sp³-hybridized carbons (Fsp3) is 0.333. The highest BCUT2D eigenvalue weighted by molar-refractivity contribution is 5.89. The number of para-hydroxylation sites is 2. The molecule has 2 unspecified atom stereocenters. The van der Waals surface area contributed by atoms with E-state index in [2.05, 4.69) is 15.6 Å². The van der Waals surface area contributed by atoms with Gasteiger partial charge in [0.05, 0.1) is 25.3 Å². The minimum Gasteiger partial charge on any atom is -0.496 e. The van der Waals surface area contributed by atoms with E-state index in [1.165, 1.54) is 0 Å². The van der Waals surface area contributed by atoms with Crippen molar-refractivity contribution in [3.8, 4) is 5.75 Å². The zero-order valence-corrected chi connectivity index (χ0v) is 22.2. The fourth-order valence-electron chi connectivity index (χ4n) is 4.93. The van der Waals surface area contributed by atoms with Crippen LogP contribution in [0.5, 0.6) is 5.75 Å². The first-order valence-corrected chi connectivity index (χ1v) is 13.2. The molecule has 0 radical (unpaired) electrons. The number of fused-ring (bicyclic) bond motifs is 1. The Labute approximate surface area is 227 Å². The molecule has 1 saturated heterocycles. The number of hydrogen-bond acceptors (Lipinski definition) is 6. The molecule has 5 rings (SSSR count). The summed E-state index contributed by atoms with van der Waals surface area (Å²) >= 11 is 0. The van der Waals surface area contributed by atoms with Crippen LogP contribution in [0.3, 0.4) is 0 Å². The first-order valence-electron chi connectivity index (χ1n) is 13.2. The standard InChI is InChI=1S/C30H33N5O4/c1-21-13-15-22(16-14-21)29(30(37)31-18-24-9-7-17-39-24)34(19-23-8-3-6-12-27(23)38-2)28(36)20-35-26-11-5-4-10-25(26)32-33-35/h3-6,8,10-16,24,29H,7,9,17-20H2,1-2H3,(H,31,37). The van der Waals surface area contributed by atoms with Gasteiger partial charge in [0.15, 0.2) is 0 Å². The van der Waals surface area contributed by atoms with E-state index in [-0.39, 0.29) is 31.0 Å². The second-order valence-corrected chi connectivity index (χ2v) is 9.76. The Balaban J connectivity index is 1.51. The number of amides is 2. The molecule has 0 saturated carbocycles. The number of rotatable bonds is 10. The van der Waals surface area contributed by atoms with Gasteiger partial charge >= 0.3 is 0 Å². The summed E-state index contributed by atoms with van der Waals surface area (Å²) < 4.78 is 12.9. The fourth-order valence-corrected chi connectivity index (χ4v) is 4.93. The maximum absolute atomic E-state index is 14.1. The number of aryl methyl sites for hydroxylation is 1. The minimum absolute atomic E-state index is 0.0208. The molecule has 1 aliphatic heterocycles. The minimum atomic E-state index is -0.876. The summed E-state index contributed by atoms with van der Waals surface area (Å²) in [6.07, 6.45) is 1.86. The Kier molecular flexibility index (Phi) is 8.17. The number of methoxy groups -OCH3 is 1. The highest BCUT2D eigenvalue weighted by atomic mass is 16.5. The summed E-state index contributed by atoms with van der Waals surface area (Å²) in [5, 5.41) is 11.5. The van der Waals surface area contributed by atoms with Gasteiger partial charge in [0, 0.05) is 18.7 Å². The van der Waals surface area contributed by atoms with Crippen LogP contribution in [-0.4, -0.2) is 58.1 Å². The van der Waals surface area contributed by atoms with Gasteiger partial charge in [-0.15, -0.1) is 5.10 Å². The van der Waals surface area contributed by atoms with Gasteiger partial charge in [0.25, 0.3) is 0 Å². The normalized spacial score (nSPS) is 15.7. The third-order valence-electron chi connectivity index (χ3n) is 7.04. The van der Waals surface area contributed by atoms with E-state index in [1.54, 1.807) is 16.7 Å². The van der Waals surface area contributed by atoms with E-state index < -0.39 is 6.04 Å². The van der Waals surface area contributed by atoms with Crippen LogP contribution >= 0.6 is 0 Å². The van der Waals surface area contributed by atoms with Crippen LogP contribution in [0.1, 0.15) is 35.6 Å². The second-order valence-electron chi connectivity index (χ2n) is 9.76. The van der Waals surface area contributed by atoms with E-state index in [0.29, 0.717) is 24.4 Å². The lowest BCUT2D eigenvalue weighted by Gasteiger charge is -2.32. The summed E-state index contributed by atoms with van der Waals surface area (Å²) in [5.41, 5.74) is 4.02. The van der Waals surface area contributed by atoms with Crippen molar-refractivity contribution in [2.45, 2.75) is 45.0 Å². The molecule has 9 nitrogen and oxygen atoms in total. The van der Waals surface area contributed by atoms with Crippen LogP contribution in [0.15, 0.2) is 72.8 Å². The maximum atomic E-state index is 14.1. The van der Waals surface area contributed by atoms with Gasteiger partial charge in [-0.25, -0.2) is 4.68 Å². The van der Waals surface area contributed by atoms with E-state index in [1.807, 2.05) is 79.7 Å². The predicted molar refractivity (Wildman–Crippen MR) is 147 cm³/mol. The first-order chi connectivity index (χ1) is 19.0. The van der Waals surface area contributed by atoms with Crippen molar-refractivity contribution >= 4 is 22.8 Å². The molecule has 1 N–H and O–H groups in total. The number of carbonyl (C=O) groups excluding carboxylic acids is 2. The van der Waals surface area contributed by atoms with Gasteiger partial charge in [-0.05, 0) is 43.5 Å². The number of nitrogens with one attached hydrogen (secondary N) is 1. The molecule has 1 aromatic heterocycles. The molecule has 1 aliphatic rings. The molecule has 3 aromatic carbocycles. The second kappa shape index (κ2) is 12.1. The third kappa shape index (κ3) is 6.09. The van der Waals surface area contributed by atoms with Crippen LogP contribution in [-0.2, 0) is 27.4 Å². The zero-order chi connectivity index (χ0) is 27.2. The van der Waals surface area contributed by atoms with Crippen LogP contribution in [0, 0.1) is 6.92 Å². The van der Waals surface area contributed by atoms with Gasteiger partial charge in [-0.3, -0.25) is 9.59 Å². The lowest BCUT2D eigenvalue weighted by molar-refractivity contribution is -0.142. The summed E-state index contributed by atoms with van der Waals surface area (Å²) in [7, 11) is 1.60. The topological polar surface area (TPSA) is 98.6 Å². The highest BCUT2D eigenvalue weighted by Gasteiger charge is 2.33. The molecular formula is C30H33N5O4. The lowest BCUT2D eigenvalue weighted by atomic mass is 10.0. The van der Waals surface area contributed by atoms with Crippen molar-refractivity contribution in [3.05, 3.63) is 89.5 Å². The van der Waals surface area contributed by atoms with E-state index in [9.17, 15) is 9.59 Å². The van der Waals surface area contributed by atoms with E-state index >= 15 is 0 Å². The summed E-state index contributed by atoms with van der Waals surface area (Å²) in [4.78, 5) is 29.6. The molecule has 2 atom stereocenters. The molecule has 0 spiro atoms. The number of aromatic nitrogens is 3. The molecular weight excluding hydrogens is 494 g/mol. The molecule has 202 valence electrons. The molecule has 0 aliphatic carbocycles. The Bertz CT molecular complexity index is 1430. The van der Waals surface area contributed by atoms with E-state index in [4.69, 9.17) is 9.47 Å². The summed E-state index contributed by atoms with van der Waals surface area (Å²) in [6.45, 7) is 3.18. The number of carbonyl (C=O) groups is 2. The Morgan fingerprint density at radius 2 is 1.87 bits per heavy atom. The van der Waals surface area contributed by atoms with Gasteiger partial charge in [0.2, 0.25) is 11.8 Å². The van der Waals surface area contributed by atoms with Crippen molar-refractivity contribution < 1.29 is 19.1 Å². The number of hydrogen-bond donors (Lipinski definition) is 1. The van der Waals surface area contributed by atoms with Crippen LogP contribution < -0.4 is 10.1 Å². The van der Waals surface area contributed by atoms with Gasteiger partial charge in [0.1, 0.15) is 23.9 Å². The molecule has 9 heteroatoms. The number of benzene rings is 3. The Morgan fingerprint density at radius 1 is 1.10 bits per heavy atom. The Hall–Kier alpha value is -4.24. The Morgan fingerprint density at radius 3 is 2.64 bits per heavy atom.